The minimum absolute atomic E-state index is 0.292. The maximum atomic E-state index is 5.10. The fourth-order valence-corrected chi connectivity index (χ4v) is 2.41. The van der Waals surface area contributed by atoms with Crippen LogP contribution in [-0.4, -0.2) is 55.4 Å². The number of methoxy groups -OCH3 is 2. The van der Waals surface area contributed by atoms with E-state index in [1.165, 1.54) is 6.42 Å². The molecule has 7 heteroatoms. The third-order valence-electron chi connectivity index (χ3n) is 3.43. The van der Waals surface area contributed by atoms with Crippen molar-refractivity contribution in [3.05, 3.63) is 0 Å². The SMILES string of the molecule is CCNCC1CCCN(c2nc(OC)nc(OC)n2)C1. The normalized spacial score (nSPS) is 18.9. The van der Waals surface area contributed by atoms with Crippen molar-refractivity contribution in [2.45, 2.75) is 19.8 Å². The summed E-state index contributed by atoms with van der Waals surface area (Å²) < 4.78 is 10.2. The molecule has 2 rings (SSSR count). The minimum atomic E-state index is 0.292. The number of hydrogen-bond acceptors (Lipinski definition) is 7. The Hall–Kier alpha value is -1.63. The van der Waals surface area contributed by atoms with Crippen LogP contribution in [0.5, 0.6) is 12.0 Å². The van der Waals surface area contributed by atoms with Crippen molar-refractivity contribution in [1.29, 1.82) is 0 Å². The van der Waals surface area contributed by atoms with Crippen LogP contribution in [0.3, 0.4) is 0 Å². The van der Waals surface area contributed by atoms with Crippen molar-refractivity contribution >= 4 is 5.95 Å². The smallest absolute Gasteiger partial charge is 0.324 e. The quantitative estimate of drug-likeness (QED) is 0.823. The molecule has 0 amide bonds. The van der Waals surface area contributed by atoms with Crippen molar-refractivity contribution < 1.29 is 9.47 Å². The van der Waals surface area contributed by atoms with E-state index in [2.05, 4.69) is 32.1 Å². The molecule has 1 unspecified atom stereocenters. The molecule has 7 nitrogen and oxygen atoms in total. The second-order valence-electron chi connectivity index (χ2n) is 4.87. The molecular weight excluding hydrogens is 258 g/mol. The van der Waals surface area contributed by atoms with E-state index in [0.29, 0.717) is 23.9 Å². The summed E-state index contributed by atoms with van der Waals surface area (Å²) in [6, 6.07) is 0.585. The van der Waals surface area contributed by atoms with Gasteiger partial charge in [-0.2, -0.15) is 9.97 Å². The van der Waals surface area contributed by atoms with Crippen LogP contribution < -0.4 is 19.7 Å². The molecule has 0 radical (unpaired) electrons. The van der Waals surface area contributed by atoms with Gasteiger partial charge in [0, 0.05) is 13.1 Å². The first-order valence-electron chi connectivity index (χ1n) is 7.06. The summed E-state index contributed by atoms with van der Waals surface area (Å²) >= 11 is 0. The number of anilines is 1. The highest BCUT2D eigenvalue weighted by Crippen LogP contribution is 2.22. The highest BCUT2D eigenvalue weighted by atomic mass is 16.5. The van der Waals surface area contributed by atoms with Crippen molar-refractivity contribution in [2.24, 2.45) is 5.92 Å². The van der Waals surface area contributed by atoms with Gasteiger partial charge in [0.05, 0.1) is 14.2 Å². The summed E-state index contributed by atoms with van der Waals surface area (Å²) in [5, 5.41) is 3.41. The lowest BCUT2D eigenvalue weighted by Crippen LogP contribution is -2.40. The number of rotatable bonds is 6. The third kappa shape index (κ3) is 3.69. The molecule has 1 aliphatic rings. The van der Waals surface area contributed by atoms with Gasteiger partial charge >= 0.3 is 12.0 Å². The predicted molar refractivity (Wildman–Crippen MR) is 76.4 cm³/mol. The number of hydrogen-bond donors (Lipinski definition) is 1. The molecule has 0 spiro atoms. The zero-order valence-electron chi connectivity index (χ0n) is 12.4. The Bertz CT molecular complexity index is 407. The van der Waals surface area contributed by atoms with Gasteiger partial charge in [0.15, 0.2) is 0 Å². The Morgan fingerprint density at radius 1 is 1.20 bits per heavy atom. The standard InChI is InChI=1S/C13H23N5O2/c1-4-14-8-10-6-5-7-18(9-10)11-15-12(19-2)17-13(16-11)20-3/h10,14H,4-9H2,1-3H3. The van der Waals surface area contributed by atoms with Crippen molar-refractivity contribution in [3.63, 3.8) is 0 Å². The molecule has 0 aliphatic carbocycles. The zero-order valence-corrected chi connectivity index (χ0v) is 12.4. The van der Waals surface area contributed by atoms with E-state index < -0.39 is 0 Å². The molecule has 20 heavy (non-hydrogen) atoms. The van der Waals surface area contributed by atoms with Crippen LogP contribution >= 0.6 is 0 Å². The molecule has 112 valence electrons. The third-order valence-corrected chi connectivity index (χ3v) is 3.43. The minimum Gasteiger partial charge on any atom is -0.467 e. The van der Waals surface area contributed by atoms with Crippen molar-refractivity contribution in [3.8, 4) is 12.0 Å². The molecule has 1 atom stereocenters. The van der Waals surface area contributed by atoms with Gasteiger partial charge in [-0.1, -0.05) is 6.92 Å². The Morgan fingerprint density at radius 3 is 2.50 bits per heavy atom. The summed E-state index contributed by atoms with van der Waals surface area (Å²) in [6.07, 6.45) is 2.38. The van der Waals surface area contributed by atoms with Crippen molar-refractivity contribution in [2.75, 3.05) is 45.3 Å². The lowest BCUT2D eigenvalue weighted by atomic mass is 9.98. The average molecular weight is 281 g/mol. The Labute approximate surface area is 119 Å². The molecule has 0 bridgehead atoms. The highest BCUT2D eigenvalue weighted by Gasteiger charge is 2.22. The van der Waals surface area contributed by atoms with E-state index in [1.807, 2.05) is 0 Å². The van der Waals surface area contributed by atoms with Gasteiger partial charge in [-0.3, -0.25) is 0 Å². The first-order valence-corrected chi connectivity index (χ1v) is 7.06. The number of nitrogens with zero attached hydrogens (tertiary/aromatic N) is 4. The lowest BCUT2D eigenvalue weighted by Gasteiger charge is -2.32. The van der Waals surface area contributed by atoms with Crippen LogP contribution in [0.4, 0.5) is 5.95 Å². The summed E-state index contributed by atoms with van der Waals surface area (Å²) in [5.74, 6) is 1.26. The number of nitrogens with one attached hydrogen (secondary N) is 1. The summed E-state index contributed by atoms with van der Waals surface area (Å²) in [7, 11) is 3.09. The lowest BCUT2D eigenvalue weighted by molar-refractivity contribution is 0.336. The fraction of sp³-hybridized carbons (Fsp3) is 0.769. The van der Waals surface area contributed by atoms with Crippen LogP contribution in [0.25, 0.3) is 0 Å². The molecule has 1 fully saturated rings. The molecule has 1 saturated heterocycles. The highest BCUT2D eigenvalue weighted by molar-refractivity contribution is 5.33. The number of ether oxygens (including phenoxy) is 2. The topological polar surface area (TPSA) is 72.4 Å². The Kier molecular flexibility index (Phi) is 5.34. The molecule has 1 aromatic rings. The monoisotopic (exact) mass is 281 g/mol. The van der Waals surface area contributed by atoms with E-state index in [-0.39, 0.29) is 0 Å². The van der Waals surface area contributed by atoms with Crippen LogP contribution in [0, 0.1) is 5.92 Å². The second kappa shape index (κ2) is 7.23. The van der Waals surface area contributed by atoms with Crippen LogP contribution in [0.2, 0.25) is 0 Å². The predicted octanol–water partition coefficient (Wildman–Crippen LogP) is 0.715. The maximum absolute atomic E-state index is 5.10. The number of piperidine rings is 1. The molecule has 1 N–H and O–H groups in total. The zero-order chi connectivity index (χ0) is 14.4. The van der Waals surface area contributed by atoms with Crippen LogP contribution in [0.15, 0.2) is 0 Å². The first kappa shape index (κ1) is 14.8. The maximum Gasteiger partial charge on any atom is 0.324 e. The molecule has 1 aromatic heterocycles. The van der Waals surface area contributed by atoms with Crippen LogP contribution in [0.1, 0.15) is 19.8 Å². The second-order valence-corrected chi connectivity index (χ2v) is 4.87. The number of aromatic nitrogens is 3. The van der Waals surface area contributed by atoms with Crippen molar-refractivity contribution in [1.82, 2.24) is 20.3 Å². The summed E-state index contributed by atoms with van der Waals surface area (Å²) in [4.78, 5) is 14.8. The largest absolute Gasteiger partial charge is 0.467 e. The summed E-state index contributed by atoms with van der Waals surface area (Å²) in [5.41, 5.74) is 0. The van der Waals surface area contributed by atoms with E-state index in [9.17, 15) is 0 Å². The van der Waals surface area contributed by atoms with Gasteiger partial charge in [0.2, 0.25) is 5.95 Å². The molecule has 0 aromatic carbocycles. The van der Waals surface area contributed by atoms with E-state index in [4.69, 9.17) is 9.47 Å². The first-order chi connectivity index (χ1) is 9.76. The van der Waals surface area contributed by atoms with Gasteiger partial charge in [0.25, 0.3) is 0 Å². The van der Waals surface area contributed by atoms with E-state index in [0.717, 1.165) is 32.6 Å². The van der Waals surface area contributed by atoms with E-state index in [1.54, 1.807) is 14.2 Å². The van der Waals surface area contributed by atoms with Gasteiger partial charge in [-0.15, -0.1) is 4.98 Å². The Balaban J connectivity index is 2.09. The van der Waals surface area contributed by atoms with Gasteiger partial charge in [-0.25, -0.2) is 0 Å². The molecule has 2 heterocycles. The fourth-order valence-electron chi connectivity index (χ4n) is 2.41. The van der Waals surface area contributed by atoms with Crippen LogP contribution in [-0.2, 0) is 0 Å². The van der Waals surface area contributed by atoms with E-state index >= 15 is 0 Å². The Morgan fingerprint density at radius 2 is 1.90 bits per heavy atom. The molecule has 1 aliphatic heterocycles. The average Bonchev–Trinajstić information content (AvgIpc) is 2.52. The molecular formula is C13H23N5O2. The molecule has 0 saturated carbocycles. The van der Waals surface area contributed by atoms with Gasteiger partial charge < -0.3 is 19.7 Å². The van der Waals surface area contributed by atoms with Gasteiger partial charge in [-0.05, 0) is 31.8 Å². The summed E-state index contributed by atoms with van der Waals surface area (Å²) in [6.45, 7) is 6.07. The van der Waals surface area contributed by atoms with Gasteiger partial charge in [0.1, 0.15) is 0 Å².